The number of allylic oxidation sites excluding steroid dienone is 1. The molecule has 6 heteroatoms. The number of thiocarbonyl (C=S) groups is 1. The van der Waals surface area contributed by atoms with Gasteiger partial charge in [0.15, 0.2) is 5.11 Å². The van der Waals surface area contributed by atoms with Crippen LogP contribution >= 0.6 is 12.2 Å². The van der Waals surface area contributed by atoms with E-state index in [1.54, 1.807) is 31.5 Å². The van der Waals surface area contributed by atoms with Crippen molar-refractivity contribution in [3.05, 3.63) is 71.6 Å². The number of nitrogens with one attached hydrogen (secondary N) is 2. The van der Waals surface area contributed by atoms with Gasteiger partial charge in [-0.1, -0.05) is 30.3 Å². The molecule has 0 unspecified atom stereocenters. The molecule has 124 valence electrons. The predicted octanol–water partition coefficient (Wildman–Crippen LogP) is 3.50. The summed E-state index contributed by atoms with van der Waals surface area (Å²) in [5, 5.41) is 7.38. The first-order valence-electron chi connectivity index (χ1n) is 7.30. The van der Waals surface area contributed by atoms with Crippen LogP contribution in [0.5, 0.6) is 5.75 Å². The topological polar surface area (TPSA) is 45.6 Å². The second-order valence-corrected chi connectivity index (χ2v) is 5.21. The molecular formula is C18H18FN3OS. The summed E-state index contributed by atoms with van der Waals surface area (Å²) < 4.78 is 18.1. The average Bonchev–Trinajstić information content (AvgIpc) is 2.61. The SMILES string of the molecule is COc1ccccc1/C=C/C=N\NC(=S)NCc1ccc(F)cc1. The molecule has 0 atom stereocenters. The summed E-state index contributed by atoms with van der Waals surface area (Å²) in [6.07, 6.45) is 5.27. The van der Waals surface area contributed by atoms with Gasteiger partial charge < -0.3 is 10.1 Å². The van der Waals surface area contributed by atoms with Gasteiger partial charge in [-0.2, -0.15) is 5.10 Å². The second kappa shape index (κ2) is 9.42. The molecule has 0 aliphatic carbocycles. The average molecular weight is 343 g/mol. The summed E-state index contributed by atoms with van der Waals surface area (Å²) in [5.74, 6) is 0.539. The van der Waals surface area contributed by atoms with E-state index in [-0.39, 0.29) is 5.82 Å². The smallest absolute Gasteiger partial charge is 0.187 e. The van der Waals surface area contributed by atoms with Gasteiger partial charge in [-0.15, -0.1) is 0 Å². The number of hydrazone groups is 1. The van der Waals surface area contributed by atoms with E-state index in [0.29, 0.717) is 11.7 Å². The van der Waals surface area contributed by atoms with Crippen LogP contribution in [0.1, 0.15) is 11.1 Å². The molecule has 0 aliphatic rings. The van der Waals surface area contributed by atoms with Gasteiger partial charge in [0.1, 0.15) is 11.6 Å². The van der Waals surface area contributed by atoms with Crippen LogP contribution in [-0.2, 0) is 6.54 Å². The first-order chi connectivity index (χ1) is 11.7. The fourth-order valence-corrected chi connectivity index (χ4v) is 2.04. The van der Waals surface area contributed by atoms with E-state index in [1.807, 2.05) is 30.3 Å². The molecule has 0 saturated carbocycles. The highest BCUT2D eigenvalue weighted by molar-refractivity contribution is 7.80. The molecular weight excluding hydrogens is 325 g/mol. The third-order valence-corrected chi connectivity index (χ3v) is 3.34. The minimum atomic E-state index is -0.258. The van der Waals surface area contributed by atoms with E-state index < -0.39 is 0 Å². The minimum Gasteiger partial charge on any atom is -0.496 e. The number of halogens is 1. The van der Waals surface area contributed by atoms with Crippen molar-refractivity contribution in [2.24, 2.45) is 5.10 Å². The summed E-state index contributed by atoms with van der Waals surface area (Å²) in [5.41, 5.74) is 4.61. The highest BCUT2D eigenvalue weighted by Crippen LogP contribution is 2.18. The normalized spacial score (nSPS) is 10.9. The second-order valence-electron chi connectivity index (χ2n) is 4.80. The number of nitrogens with zero attached hydrogens (tertiary/aromatic N) is 1. The summed E-state index contributed by atoms with van der Waals surface area (Å²) >= 11 is 5.11. The molecule has 0 fully saturated rings. The Hall–Kier alpha value is -2.73. The van der Waals surface area contributed by atoms with Crippen molar-refractivity contribution >= 4 is 29.6 Å². The molecule has 0 radical (unpaired) electrons. The zero-order valence-corrected chi connectivity index (χ0v) is 14.0. The van der Waals surface area contributed by atoms with Gasteiger partial charge in [-0.3, -0.25) is 5.43 Å². The summed E-state index contributed by atoms with van der Waals surface area (Å²) in [6, 6.07) is 13.9. The van der Waals surface area contributed by atoms with Gasteiger partial charge in [0.05, 0.1) is 7.11 Å². The lowest BCUT2D eigenvalue weighted by molar-refractivity contribution is 0.414. The number of benzene rings is 2. The Morgan fingerprint density at radius 1 is 1.21 bits per heavy atom. The highest BCUT2D eigenvalue weighted by Gasteiger charge is 1.96. The molecule has 2 aromatic carbocycles. The minimum absolute atomic E-state index is 0.258. The molecule has 2 aromatic rings. The van der Waals surface area contributed by atoms with Crippen LogP contribution in [-0.4, -0.2) is 18.4 Å². The molecule has 4 nitrogen and oxygen atoms in total. The fraction of sp³-hybridized carbons (Fsp3) is 0.111. The first-order valence-corrected chi connectivity index (χ1v) is 7.71. The Bertz CT molecular complexity index is 729. The number of methoxy groups -OCH3 is 1. The first kappa shape index (κ1) is 17.6. The summed E-state index contributed by atoms with van der Waals surface area (Å²) in [6.45, 7) is 0.499. The van der Waals surface area contributed by atoms with Crippen molar-refractivity contribution in [2.45, 2.75) is 6.54 Å². The van der Waals surface area contributed by atoms with Crippen LogP contribution in [0.25, 0.3) is 6.08 Å². The Kier molecular flexibility index (Phi) is 6.91. The molecule has 2 rings (SSSR count). The lowest BCUT2D eigenvalue weighted by Gasteiger charge is -2.06. The predicted molar refractivity (Wildman–Crippen MR) is 99.5 cm³/mol. The van der Waals surface area contributed by atoms with Crippen LogP contribution in [0, 0.1) is 5.82 Å². The summed E-state index contributed by atoms with van der Waals surface area (Å²) in [7, 11) is 1.63. The number of hydrogen-bond acceptors (Lipinski definition) is 3. The Morgan fingerprint density at radius 3 is 2.71 bits per heavy atom. The maximum atomic E-state index is 12.8. The maximum absolute atomic E-state index is 12.8. The molecule has 0 bridgehead atoms. The standard InChI is InChI=1S/C18H18FN3OS/c1-23-17-7-3-2-5-15(17)6-4-12-21-22-18(24)20-13-14-8-10-16(19)11-9-14/h2-12H,13H2,1H3,(H2,20,22,24)/b6-4+,21-12-. The maximum Gasteiger partial charge on any atom is 0.187 e. The van der Waals surface area contributed by atoms with Crippen molar-refractivity contribution in [3.63, 3.8) is 0 Å². The Labute approximate surface area is 146 Å². The highest BCUT2D eigenvalue weighted by atomic mass is 32.1. The molecule has 2 N–H and O–H groups in total. The zero-order chi connectivity index (χ0) is 17.2. The van der Waals surface area contributed by atoms with Crippen molar-refractivity contribution in [3.8, 4) is 5.75 Å². The van der Waals surface area contributed by atoms with E-state index in [9.17, 15) is 4.39 Å². The number of ether oxygens (including phenoxy) is 1. The number of rotatable bonds is 6. The van der Waals surface area contributed by atoms with Gasteiger partial charge in [-0.25, -0.2) is 4.39 Å². The lowest BCUT2D eigenvalue weighted by Crippen LogP contribution is -2.31. The third-order valence-electron chi connectivity index (χ3n) is 3.11. The molecule has 0 spiro atoms. The van der Waals surface area contributed by atoms with Gasteiger partial charge >= 0.3 is 0 Å². The third kappa shape index (κ3) is 5.81. The zero-order valence-electron chi connectivity index (χ0n) is 13.2. The van der Waals surface area contributed by atoms with E-state index in [4.69, 9.17) is 17.0 Å². The number of hydrogen-bond donors (Lipinski definition) is 2. The van der Waals surface area contributed by atoms with Crippen LogP contribution in [0.4, 0.5) is 4.39 Å². The number of para-hydroxylation sites is 1. The van der Waals surface area contributed by atoms with Crippen LogP contribution in [0.3, 0.4) is 0 Å². The van der Waals surface area contributed by atoms with Gasteiger partial charge in [0.25, 0.3) is 0 Å². The van der Waals surface area contributed by atoms with Gasteiger partial charge in [0.2, 0.25) is 0 Å². The molecule has 0 heterocycles. The molecule has 24 heavy (non-hydrogen) atoms. The van der Waals surface area contributed by atoms with Crippen LogP contribution < -0.4 is 15.5 Å². The van der Waals surface area contributed by atoms with E-state index in [2.05, 4.69) is 15.8 Å². The monoisotopic (exact) mass is 343 g/mol. The van der Waals surface area contributed by atoms with Gasteiger partial charge in [0, 0.05) is 18.3 Å². The molecule has 0 aromatic heterocycles. The largest absolute Gasteiger partial charge is 0.496 e. The quantitative estimate of drug-likeness (QED) is 0.479. The van der Waals surface area contributed by atoms with Crippen molar-refractivity contribution in [2.75, 3.05) is 7.11 Å². The van der Waals surface area contributed by atoms with E-state index >= 15 is 0 Å². The molecule has 0 aliphatic heterocycles. The van der Waals surface area contributed by atoms with E-state index in [0.717, 1.165) is 16.9 Å². The molecule has 0 amide bonds. The van der Waals surface area contributed by atoms with Crippen molar-refractivity contribution < 1.29 is 9.13 Å². The van der Waals surface area contributed by atoms with E-state index in [1.165, 1.54) is 12.1 Å². The Balaban J connectivity index is 1.76. The van der Waals surface area contributed by atoms with Crippen LogP contribution in [0.2, 0.25) is 0 Å². The Morgan fingerprint density at radius 2 is 1.96 bits per heavy atom. The molecule has 0 saturated heterocycles. The van der Waals surface area contributed by atoms with Crippen molar-refractivity contribution in [1.29, 1.82) is 0 Å². The van der Waals surface area contributed by atoms with Crippen molar-refractivity contribution in [1.82, 2.24) is 10.7 Å². The summed E-state index contributed by atoms with van der Waals surface area (Å²) in [4.78, 5) is 0. The van der Waals surface area contributed by atoms with Crippen LogP contribution in [0.15, 0.2) is 59.7 Å². The van der Waals surface area contributed by atoms with Gasteiger partial charge in [-0.05, 0) is 48.1 Å². The fourth-order valence-electron chi connectivity index (χ4n) is 1.91. The lowest BCUT2D eigenvalue weighted by atomic mass is 10.2.